The maximum atomic E-state index is 6.10. The number of aromatic nitrogens is 2. The van der Waals surface area contributed by atoms with Crippen molar-refractivity contribution in [2.75, 3.05) is 0 Å². The lowest BCUT2D eigenvalue weighted by Crippen LogP contribution is -2.20. The largest absolute Gasteiger partial charge is 0.333 e. The average Bonchev–Trinajstić information content (AvgIpc) is 2.45. The van der Waals surface area contributed by atoms with Crippen molar-refractivity contribution in [1.82, 2.24) is 9.55 Å². The number of nitrogens with zero attached hydrogens (tertiary/aromatic N) is 2. The molecular weight excluding hydrogens is 174 g/mol. The predicted molar refractivity (Wildman–Crippen MR) is 57.2 cm³/mol. The highest BCUT2D eigenvalue weighted by Crippen LogP contribution is 2.29. The molecular formula is C11H19N3. The van der Waals surface area contributed by atoms with Gasteiger partial charge in [0, 0.05) is 19.0 Å². The summed E-state index contributed by atoms with van der Waals surface area (Å²) in [6.45, 7) is 4.36. The molecule has 3 heteroatoms. The van der Waals surface area contributed by atoms with Gasteiger partial charge in [0.25, 0.3) is 0 Å². The number of aryl methyl sites for hydroxylation is 1. The van der Waals surface area contributed by atoms with Crippen LogP contribution in [0.5, 0.6) is 0 Å². The van der Waals surface area contributed by atoms with E-state index in [9.17, 15) is 0 Å². The maximum absolute atomic E-state index is 6.10. The van der Waals surface area contributed by atoms with Crippen LogP contribution in [0, 0.1) is 0 Å². The normalized spacial score (nSPS) is 21.4. The second-order valence-corrected chi connectivity index (χ2v) is 4.51. The molecule has 1 aromatic heterocycles. The Morgan fingerprint density at radius 1 is 1.50 bits per heavy atom. The van der Waals surface area contributed by atoms with E-state index in [0.717, 1.165) is 12.8 Å². The first kappa shape index (κ1) is 9.71. The Bertz CT molecular complexity index is 339. The highest BCUT2D eigenvalue weighted by molar-refractivity contribution is 5.24. The van der Waals surface area contributed by atoms with E-state index < -0.39 is 0 Å². The fourth-order valence-corrected chi connectivity index (χ4v) is 2.38. The Kier molecular flexibility index (Phi) is 2.35. The van der Waals surface area contributed by atoms with Crippen LogP contribution in [-0.4, -0.2) is 9.55 Å². The van der Waals surface area contributed by atoms with Crippen LogP contribution in [0.25, 0.3) is 0 Å². The molecule has 14 heavy (non-hydrogen) atoms. The van der Waals surface area contributed by atoms with E-state index in [1.165, 1.54) is 23.6 Å². The lowest BCUT2D eigenvalue weighted by atomic mass is 9.97. The molecule has 0 spiro atoms. The van der Waals surface area contributed by atoms with Gasteiger partial charge in [-0.05, 0) is 19.3 Å². The molecule has 0 radical (unpaired) electrons. The predicted octanol–water partition coefficient (Wildman–Crippen LogP) is 1.88. The quantitative estimate of drug-likeness (QED) is 0.740. The van der Waals surface area contributed by atoms with Crippen molar-refractivity contribution in [3.63, 3.8) is 0 Å². The van der Waals surface area contributed by atoms with E-state index >= 15 is 0 Å². The SMILES string of the molecule is CC(C)c1nc2c(n1C)C(N)CCC2. The smallest absolute Gasteiger partial charge is 0.111 e. The van der Waals surface area contributed by atoms with Crippen LogP contribution in [0.2, 0.25) is 0 Å². The van der Waals surface area contributed by atoms with Crippen LogP contribution in [0.4, 0.5) is 0 Å². The number of nitrogens with two attached hydrogens (primary N) is 1. The van der Waals surface area contributed by atoms with Crippen LogP contribution < -0.4 is 5.73 Å². The minimum absolute atomic E-state index is 0.198. The molecule has 1 aromatic rings. The maximum Gasteiger partial charge on any atom is 0.111 e. The van der Waals surface area contributed by atoms with Crippen molar-refractivity contribution < 1.29 is 0 Å². The zero-order valence-corrected chi connectivity index (χ0v) is 9.25. The molecule has 0 saturated carbocycles. The van der Waals surface area contributed by atoms with Gasteiger partial charge < -0.3 is 10.3 Å². The summed E-state index contributed by atoms with van der Waals surface area (Å²) in [5.41, 5.74) is 8.60. The molecule has 1 atom stereocenters. The summed E-state index contributed by atoms with van der Waals surface area (Å²) in [6, 6.07) is 0.198. The monoisotopic (exact) mass is 193 g/mol. The Morgan fingerprint density at radius 2 is 2.21 bits per heavy atom. The molecule has 1 heterocycles. The fourth-order valence-electron chi connectivity index (χ4n) is 2.38. The summed E-state index contributed by atoms with van der Waals surface area (Å²) in [7, 11) is 2.09. The lowest BCUT2D eigenvalue weighted by Gasteiger charge is -2.19. The van der Waals surface area contributed by atoms with Gasteiger partial charge in [-0.2, -0.15) is 0 Å². The van der Waals surface area contributed by atoms with E-state index in [1.807, 2.05) is 0 Å². The Morgan fingerprint density at radius 3 is 2.79 bits per heavy atom. The molecule has 1 unspecified atom stereocenters. The molecule has 0 aromatic carbocycles. The number of rotatable bonds is 1. The van der Waals surface area contributed by atoms with Gasteiger partial charge in [-0.3, -0.25) is 0 Å². The van der Waals surface area contributed by atoms with Crippen molar-refractivity contribution in [2.24, 2.45) is 12.8 Å². The minimum Gasteiger partial charge on any atom is -0.333 e. The van der Waals surface area contributed by atoms with E-state index in [-0.39, 0.29) is 6.04 Å². The summed E-state index contributed by atoms with van der Waals surface area (Å²) < 4.78 is 2.20. The first-order valence-electron chi connectivity index (χ1n) is 5.42. The third-order valence-electron chi connectivity index (χ3n) is 3.05. The summed E-state index contributed by atoms with van der Waals surface area (Å²) in [6.07, 6.45) is 3.39. The molecule has 0 aliphatic heterocycles. The van der Waals surface area contributed by atoms with E-state index in [2.05, 4.69) is 30.4 Å². The van der Waals surface area contributed by atoms with Gasteiger partial charge in [0.15, 0.2) is 0 Å². The van der Waals surface area contributed by atoms with Crippen molar-refractivity contribution >= 4 is 0 Å². The Balaban J connectivity index is 2.49. The van der Waals surface area contributed by atoms with Crippen molar-refractivity contribution in [1.29, 1.82) is 0 Å². The van der Waals surface area contributed by atoms with Crippen LogP contribution in [-0.2, 0) is 13.5 Å². The van der Waals surface area contributed by atoms with E-state index in [1.54, 1.807) is 0 Å². The van der Waals surface area contributed by atoms with Gasteiger partial charge in [0.05, 0.1) is 11.4 Å². The van der Waals surface area contributed by atoms with Crippen LogP contribution >= 0.6 is 0 Å². The van der Waals surface area contributed by atoms with Gasteiger partial charge in [0.1, 0.15) is 5.82 Å². The summed E-state index contributed by atoms with van der Waals surface area (Å²) in [5.74, 6) is 1.66. The van der Waals surface area contributed by atoms with Gasteiger partial charge in [-0.1, -0.05) is 13.8 Å². The number of hydrogen-bond acceptors (Lipinski definition) is 2. The molecule has 1 aliphatic rings. The van der Waals surface area contributed by atoms with Gasteiger partial charge in [-0.25, -0.2) is 4.98 Å². The lowest BCUT2D eigenvalue weighted by molar-refractivity contribution is 0.532. The molecule has 2 N–H and O–H groups in total. The third kappa shape index (κ3) is 1.36. The number of hydrogen-bond donors (Lipinski definition) is 1. The molecule has 0 saturated heterocycles. The summed E-state index contributed by atoms with van der Waals surface area (Å²) in [4.78, 5) is 4.68. The minimum atomic E-state index is 0.198. The average molecular weight is 193 g/mol. The van der Waals surface area contributed by atoms with Gasteiger partial charge in [0.2, 0.25) is 0 Å². The van der Waals surface area contributed by atoms with E-state index in [4.69, 9.17) is 5.73 Å². The van der Waals surface area contributed by atoms with Crippen LogP contribution in [0.1, 0.15) is 55.9 Å². The molecule has 3 nitrogen and oxygen atoms in total. The molecule has 0 bridgehead atoms. The fraction of sp³-hybridized carbons (Fsp3) is 0.727. The zero-order valence-electron chi connectivity index (χ0n) is 9.25. The molecule has 1 aliphatic carbocycles. The molecule has 78 valence electrons. The summed E-state index contributed by atoms with van der Waals surface area (Å²) in [5, 5.41) is 0. The molecule has 0 amide bonds. The first-order chi connectivity index (χ1) is 6.61. The highest BCUT2D eigenvalue weighted by atomic mass is 15.1. The molecule has 0 fully saturated rings. The Hall–Kier alpha value is -0.830. The second-order valence-electron chi connectivity index (χ2n) is 4.51. The van der Waals surface area contributed by atoms with E-state index in [0.29, 0.717) is 5.92 Å². The highest BCUT2D eigenvalue weighted by Gasteiger charge is 2.24. The van der Waals surface area contributed by atoms with Crippen molar-refractivity contribution in [3.8, 4) is 0 Å². The second kappa shape index (κ2) is 3.39. The van der Waals surface area contributed by atoms with Crippen LogP contribution in [0.15, 0.2) is 0 Å². The zero-order chi connectivity index (χ0) is 10.3. The first-order valence-corrected chi connectivity index (χ1v) is 5.42. The standard InChI is InChI=1S/C11H19N3/c1-7(2)11-13-9-6-4-5-8(12)10(9)14(11)3/h7-8H,4-6,12H2,1-3H3. The third-order valence-corrected chi connectivity index (χ3v) is 3.05. The van der Waals surface area contributed by atoms with Gasteiger partial charge >= 0.3 is 0 Å². The van der Waals surface area contributed by atoms with Crippen molar-refractivity contribution in [3.05, 3.63) is 17.2 Å². The summed E-state index contributed by atoms with van der Waals surface area (Å²) >= 11 is 0. The van der Waals surface area contributed by atoms with Crippen molar-refractivity contribution in [2.45, 2.75) is 45.1 Å². The topological polar surface area (TPSA) is 43.8 Å². The number of fused-ring (bicyclic) bond motifs is 1. The number of imidazole rings is 1. The van der Waals surface area contributed by atoms with Crippen LogP contribution in [0.3, 0.4) is 0 Å². The Labute approximate surface area is 85.3 Å². The van der Waals surface area contributed by atoms with Gasteiger partial charge in [-0.15, -0.1) is 0 Å². The molecule has 2 rings (SSSR count).